The molecule has 0 radical (unpaired) electrons. The normalized spacial score (nSPS) is 9.96. The number of carbonyl (C=O) groups excluding carboxylic acids is 5. The van der Waals surface area contributed by atoms with Crippen molar-refractivity contribution in [2.45, 2.75) is 13.8 Å². The van der Waals surface area contributed by atoms with Crippen LogP contribution in [0.4, 0.5) is 0 Å². The largest absolute Gasteiger partial charge is 0.423 e. The number of ether oxygens (including phenoxy) is 4. The van der Waals surface area contributed by atoms with Crippen molar-refractivity contribution in [2.75, 3.05) is 0 Å². The fourth-order valence-corrected chi connectivity index (χ4v) is 4.03. The molecule has 9 heteroatoms. The molecule has 0 unspecified atom stereocenters. The third kappa shape index (κ3) is 8.90. The van der Waals surface area contributed by atoms with E-state index in [1.54, 1.807) is 48.5 Å². The predicted octanol–water partition coefficient (Wildman–Crippen LogP) is 6.58. The molecule has 0 aliphatic heterocycles. The van der Waals surface area contributed by atoms with Gasteiger partial charge in [0, 0.05) is 41.8 Å². The van der Waals surface area contributed by atoms with Gasteiger partial charge in [-0.3, -0.25) is 4.79 Å². The van der Waals surface area contributed by atoms with Crippen molar-refractivity contribution in [3.8, 4) is 57.1 Å². The van der Waals surface area contributed by atoms with Gasteiger partial charge in [0.1, 0.15) is 23.0 Å². The van der Waals surface area contributed by atoms with Crippen LogP contribution < -0.4 is 18.9 Å². The van der Waals surface area contributed by atoms with Crippen LogP contribution in [-0.4, -0.2) is 29.7 Å². The summed E-state index contributed by atoms with van der Waals surface area (Å²) in [6.07, 6.45) is 2.11. The molecule has 0 bridgehead atoms. The van der Waals surface area contributed by atoms with Crippen molar-refractivity contribution in [3.63, 3.8) is 0 Å². The summed E-state index contributed by atoms with van der Waals surface area (Å²) in [4.78, 5) is 59.8. The highest BCUT2D eigenvalue weighted by Gasteiger charge is 2.20. The van der Waals surface area contributed by atoms with Crippen LogP contribution in [-0.2, 0) is 24.0 Å². The van der Waals surface area contributed by atoms with E-state index < -0.39 is 29.7 Å². The lowest BCUT2D eigenvalue weighted by atomic mass is 10.0. The molecule has 0 spiro atoms. The Kier molecular flexibility index (Phi) is 11.0. The highest BCUT2D eigenvalue weighted by molar-refractivity contribution is 6.33. The minimum absolute atomic E-state index is 0.0520. The van der Waals surface area contributed by atoms with E-state index in [-0.39, 0.29) is 28.4 Å². The van der Waals surface area contributed by atoms with Crippen LogP contribution in [0.5, 0.6) is 23.0 Å². The summed E-state index contributed by atoms with van der Waals surface area (Å²) in [6, 6.07) is 23.3. The quantitative estimate of drug-likeness (QED) is 0.0622. The first-order chi connectivity index (χ1) is 23.0. The number of hydrogen-bond donors (Lipinski definition) is 0. The first kappa shape index (κ1) is 34.1. The SMILES string of the molecule is C=CC(=O)Oc1ccc(-c2ccc(C#Cc3cc(OC(=O)C(=C)C)c(-c4ccc(OC(=O)C=C)cc4)cc3OC(=O)C(C)=O)cc2)cc1. The van der Waals surface area contributed by atoms with E-state index in [1.807, 2.05) is 12.1 Å². The van der Waals surface area contributed by atoms with Crippen LogP contribution in [0.25, 0.3) is 22.3 Å². The molecule has 0 aliphatic carbocycles. The number of hydrogen-bond acceptors (Lipinski definition) is 9. The second-order valence-corrected chi connectivity index (χ2v) is 10.1. The molecule has 0 heterocycles. The molecule has 0 atom stereocenters. The highest BCUT2D eigenvalue weighted by Crippen LogP contribution is 2.37. The molecule has 0 aromatic heterocycles. The van der Waals surface area contributed by atoms with Gasteiger partial charge in [-0.2, -0.15) is 0 Å². The summed E-state index contributed by atoms with van der Waals surface area (Å²) in [5.74, 6) is 2.76. The van der Waals surface area contributed by atoms with Crippen LogP contribution in [0.2, 0.25) is 0 Å². The summed E-state index contributed by atoms with van der Waals surface area (Å²) in [7, 11) is 0. The lowest BCUT2D eigenvalue weighted by Gasteiger charge is -2.15. The average molecular weight is 641 g/mol. The minimum atomic E-state index is -1.11. The molecule has 0 saturated carbocycles. The van der Waals surface area contributed by atoms with Gasteiger partial charge in [0.2, 0.25) is 5.78 Å². The average Bonchev–Trinajstić information content (AvgIpc) is 3.08. The molecular weight excluding hydrogens is 612 g/mol. The molecule has 0 N–H and O–H groups in total. The Morgan fingerprint density at radius 3 is 1.54 bits per heavy atom. The Hall–Kier alpha value is -6.79. The maximum Gasteiger partial charge on any atom is 0.379 e. The van der Waals surface area contributed by atoms with Crippen LogP contribution in [0.15, 0.2) is 122 Å². The van der Waals surface area contributed by atoms with E-state index in [0.29, 0.717) is 22.4 Å². The van der Waals surface area contributed by atoms with Crippen LogP contribution in [0.1, 0.15) is 25.0 Å². The van der Waals surface area contributed by atoms with Crippen molar-refractivity contribution in [3.05, 3.63) is 134 Å². The van der Waals surface area contributed by atoms with Gasteiger partial charge in [0.25, 0.3) is 0 Å². The van der Waals surface area contributed by atoms with E-state index >= 15 is 0 Å². The lowest BCUT2D eigenvalue weighted by molar-refractivity contribution is -0.146. The third-order valence-electron chi connectivity index (χ3n) is 6.47. The first-order valence-corrected chi connectivity index (χ1v) is 14.3. The second-order valence-electron chi connectivity index (χ2n) is 10.1. The molecule has 0 fully saturated rings. The first-order valence-electron chi connectivity index (χ1n) is 14.3. The molecule has 9 nitrogen and oxygen atoms in total. The van der Waals surface area contributed by atoms with Crippen molar-refractivity contribution in [1.29, 1.82) is 0 Å². The number of Topliss-reactive ketones (excluding diaryl/α,β-unsaturated/α-hetero) is 1. The molecule has 4 rings (SSSR count). The molecule has 0 saturated heterocycles. The van der Waals surface area contributed by atoms with Gasteiger partial charge in [-0.1, -0.05) is 68.0 Å². The van der Waals surface area contributed by atoms with Crippen molar-refractivity contribution < 1.29 is 42.9 Å². The zero-order valence-corrected chi connectivity index (χ0v) is 26.0. The van der Waals surface area contributed by atoms with E-state index in [4.69, 9.17) is 18.9 Å². The second kappa shape index (κ2) is 15.5. The number of ketones is 1. The number of benzene rings is 4. The fourth-order valence-electron chi connectivity index (χ4n) is 4.03. The minimum Gasteiger partial charge on any atom is -0.423 e. The van der Waals surface area contributed by atoms with E-state index in [9.17, 15) is 24.0 Å². The zero-order chi connectivity index (χ0) is 34.8. The summed E-state index contributed by atoms with van der Waals surface area (Å²) in [6.45, 7) is 12.9. The summed E-state index contributed by atoms with van der Waals surface area (Å²) >= 11 is 0. The standard InChI is InChI=1S/C39H28O9/c1-6-36(41)45-31-18-14-28(15-19-31)27-11-8-26(9-12-27)10-13-30-22-35(48-38(43)24(3)4)33(23-34(30)47-39(44)25(5)40)29-16-20-32(21-17-29)46-37(42)7-2/h6-9,11-12,14-23H,1-3H2,4-5H3. The van der Waals surface area contributed by atoms with Crippen LogP contribution >= 0.6 is 0 Å². The van der Waals surface area contributed by atoms with E-state index in [2.05, 4.69) is 31.6 Å². The molecule has 4 aromatic rings. The molecule has 0 aliphatic rings. The number of esters is 4. The summed E-state index contributed by atoms with van der Waals surface area (Å²) < 4.78 is 21.3. The summed E-state index contributed by atoms with van der Waals surface area (Å²) in [5.41, 5.74) is 3.47. The monoisotopic (exact) mass is 640 g/mol. The Morgan fingerprint density at radius 2 is 1.06 bits per heavy atom. The van der Waals surface area contributed by atoms with Gasteiger partial charge in [0.15, 0.2) is 0 Å². The predicted molar refractivity (Wildman–Crippen MR) is 178 cm³/mol. The van der Waals surface area contributed by atoms with Crippen molar-refractivity contribution in [1.82, 2.24) is 0 Å². The Morgan fingerprint density at radius 1 is 0.583 bits per heavy atom. The van der Waals surface area contributed by atoms with Crippen molar-refractivity contribution in [2.24, 2.45) is 0 Å². The number of rotatable bonds is 10. The topological polar surface area (TPSA) is 122 Å². The lowest BCUT2D eigenvalue weighted by Crippen LogP contribution is -2.17. The van der Waals surface area contributed by atoms with E-state index in [0.717, 1.165) is 30.2 Å². The van der Waals surface area contributed by atoms with Crippen LogP contribution in [0.3, 0.4) is 0 Å². The Labute approximate surface area is 276 Å². The van der Waals surface area contributed by atoms with Gasteiger partial charge in [-0.25, -0.2) is 19.2 Å². The smallest absolute Gasteiger partial charge is 0.379 e. The Bertz CT molecular complexity index is 2010. The summed E-state index contributed by atoms with van der Waals surface area (Å²) in [5, 5.41) is 0. The molecule has 0 amide bonds. The molecular formula is C39H28O9. The molecule has 48 heavy (non-hydrogen) atoms. The van der Waals surface area contributed by atoms with Gasteiger partial charge >= 0.3 is 23.9 Å². The fraction of sp³-hybridized carbons (Fsp3) is 0.0513. The van der Waals surface area contributed by atoms with Gasteiger partial charge in [-0.05, 0) is 66.1 Å². The maximum atomic E-state index is 12.6. The molecule has 238 valence electrons. The zero-order valence-electron chi connectivity index (χ0n) is 26.0. The third-order valence-corrected chi connectivity index (χ3v) is 6.47. The number of carbonyl (C=O) groups is 5. The highest BCUT2D eigenvalue weighted by atomic mass is 16.5. The Balaban J connectivity index is 1.73. The van der Waals surface area contributed by atoms with Gasteiger partial charge < -0.3 is 18.9 Å². The molecule has 4 aromatic carbocycles. The van der Waals surface area contributed by atoms with Gasteiger partial charge in [-0.15, -0.1) is 0 Å². The van der Waals surface area contributed by atoms with E-state index in [1.165, 1.54) is 31.2 Å². The maximum absolute atomic E-state index is 12.6. The van der Waals surface area contributed by atoms with Gasteiger partial charge in [0.05, 0.1) is 5.56 Å². The van der Waals surface area contributed by atoms with Crippen molar-refractivity contribution >= 4 is 29.7 Å². The van der Waals surface area contributed by atoms with Crippen LogP contribution in [0, 0.1) is 11.8 Å².